The smallest absolute Gasteiger partial charge is 0.244 e. The number of rotatable bonds is 7. The first kappa shape index (κ1) is 18.7. The SMILES string of the molecule is O=C(Cc1ccccc1)N/N=C/c1cccc(OCc2ccc(Cl)cc2)c1. The van der Waals surface area contributed by atoms with Crippen LogP contribution in [-0.2, 0) is 17.8 Å². The molecule has 136 valence electrons. The van der Waals surface area contributed by atoms with E-state index >= 15 is 0 Å². The third kappa shape index (κ3) is 6.28. The van der Waals surface area contributed by atoms with E-state index < -0.39 is 0 Å². The van der Waals surface area contributed by atoms with Crippen molar-refractivity contribution in [1.82, 2.24) is 5.43 Å². The molecule has 0 aromatic heterocycles. The zero-order valence-electron chi connectivity index (χ0n) is 14.6. The number of halogens is 1. The van der Waals surface area contributed by atoms with Crippen molar-refractivity contribution in [3.8, 4) is 5.75 Å². The van der Waals surface area contributed by atoms with Crippen LogP contribution in [0.4, 0.5) is 0 Å². The summed E-state index contributed by atoms with van der Waals surface area (Å²) >= 11 is 5.88. The number of hydrazone groups is 1. The molecule has 0 saturated heterocycles. The Hall–Kier alpha value is -3.11. The van der Waals surface area contributed by atoms with Crippen LogP contribution in [0.3, 0.4) is 0 Å². The lowest BCUT2D eigenvalue weighted by Gasteiger charge is -2.07. The number of hydrogen-bond donors (Lipinski definition) is 1. The summed E-state index contributed by atoms with van der Waals surface area (Å²) in [7, 11) is 0. The van der Waals surface area contributed by atoms with E-state index in [0.29, 0.717) is 18.1 Å². The standard InChI is InChI=1S/C22H19ClN2O2/c23-20-11-9-18(10-12-20)16-27-21-8-4-7-19(13-21)15-24-25-22(26)14-17-5-2-1-3-6-17/h1-13,15H,14,16H2,(H,25,26)/b24-15+. The zero-order valence-corrected chi connectivity index (χ0v) is 15.4. The minimum Gasteiger partial charge on any atom is -0.489 e. The molecular formula is C22H19ClN2O2. The lowest BCUT2D eigenvalue weighted by Crippen LogP contribution is -2.19. The topological polar surface area (TPSA) is 50.7 Å². The van der Waals surface area contributed by atoms with Crippen LogP contribution in [-0.4, -0.2) is 12.1 Å². The fourth-order valence-corrected chi connectivity index (χ4v) is 2.56. The summed E-state index contributed by atoms with van der Waals surface area (Å²) in [5.74, 6) is 0.567. The summed E-state index contributed by atoms with van der Waals surface area (Å²) in [5, 5.41) is 4.71. The Morgan fingerprint density at radius 3 is 2.52 bits per heavy atom. The molecule has 0 radical (unpaired) electrons. The Morgan fingerprint density at radius 1 is 0.963 bits per heavy atom. The van der Waals surface area contributed by atoms with Gasteiger partial charge in [-0.05, 0) is 41.0 Å². The molecular weight excluding hydrogens is 360 g/mol. The number of carbonyl (C=O) groups excluding carboxylic acids is 1. The lowest BCUT2D eigenvalue weighted by atomic mass is 10.1. The molecule has 4 nitrogen and oxygen atoms in total. The molecule has 27 heavy (non-hydrogen) atoms. The Kier molecular flexibility index (Phi) is 6.61. The van der Waals surface area contributed by atoms with Gasteiger partial charge in [-0.2, -0.15) is 5.10 Å². The molecule has 1 N–H and O–H groups in total. The Morgan fingerprint density at radius 2 is 1.74 bits per heavy atom. The number of ether oxygens (including phenoxy) is 1. The molecule has 5 heteroatoms. The molecule has 0 spiro atoms. The van der Waals surface area contributed by atoms with Gasteiger partial charge in [-0.25, -0.2) is 5.43 Å². The molecule has 0 fully saturated rings. The summed E-state index contributed by atoms with van der Waals surface area (Å²) in [4.78, 5) is 11.9. The largest absolute Gasteiger partial charge is 0.489 e. The van der Waals surface area contributed by atoms with Gasteiger partial charge in [-0.15, -0.1) is 0 Å². The predicted octanol–water partition coefficient (Wildman–Crippen LogP) is 4.61. The second kappa shape index (κ2) is 9.55. The first-order chi connectivity index (χ1) is 13.2. The van der Waals surface area contributed by atoms with Crippen molar-refractivity contribution >= 4 is 23.7 Å². The highest BCUT2D eigenvalue weighted by atomic mass is 35.5. The van der Waals surface area contributed by atoms with Gasteiger partial charge in [0.15, 0.2) is 0 Å². The van der Waals surface area contributed by atoms with Crippen LogP contribution in [0.1, 0.15) is 16.7 Å². The normalized spacial score (nSPS) is 10.7. The van der Waals surface area contributed by atoms with Gasteiger partial charge in [0.05, 0.1) is 12.6 Å². The maximum atomic E-state index is 11.9. The third-order valence-electron chi connectivity index (χ3n) is 3.79. The van der Waals surface area contributed by atoms with Crippen molar-refractivity contribution in [3.63, 3.8) is 0 Å². The Labute approximate surface area is 163 Å². The monoisotopic (exact) mass is 378 g/mol. The van der Waals surface area contributed by atoms with Gasteiger partial charge >= 0.3 is 0 Å². The predicted molar refractivity (Wildman–Crippen MR) is 108 cm³/mol. The number of nitrogens with one attached hydrogen (secondary N) is 1. The number of amides is 1. The van der Waals surface area contributed by atoms with Gasteiger partial charge in [0.25, 0.3) is 0 Å². The van der Waals surface area contributed by atoms with E-state index in [1.54, 1.807) is 6.21 Å². The lowest BCUT2D eigenvalue weighted by molar-refractivity contribution is -0.120. The molecule has 0 aliphatic heterocycles. The van der Waals surface area contributed by atoms with E-state index in [1.807, 2.05) is 78.9 Å². The number of benzene rings is 3. The van der Waals surface area contributed by atoms with Crippen LogP contribution in [0.2, 0.25) is 5.02 Å². The van der Waals surface area contributed by atoms with Crippen LogP contribution in [0.5, 0.6) is 5.75 Å². The second-order valence-corrected chi connectivity index (χ2v) is 6.38. The van der Waals surface area contributed by atoms with Gasteiger partial charge < -0.3 is 4.74 Å². The molecule has 0 saturated carbocycles. The number of nitrogens with zero attached hydrogens (tertiary/aromatic N) is 1. The van der Waals surface area contributed by atoms with E-state index in [2.05, 4.69) is 10.5 Å². The van der Waals surface area contributed by atoms with Gasteiger partial charge in [0.1, 0.15) is 12.4 Å². The van der Waals surface area contributed by atoms with E-state index in [1.165, 1.54) is 0 Å². The van der Waals surface area contributed by atoms with Crippen LogP contribution >= 0.6 is 11.6 Å². The van der Waals surface area contributed by atoms with Gasteiger partial charge in [0, 0.05) is 5.02 Å². The van der Waals surface area contributed by atoms with Crippen molar-refractivity contribution in [3.05, 3.63) is 101 Å². The fraction of sp³-hybridized carbons (Fsp3) is 0.0909. The van der Waals surface area contributed by atoms with Gasteiger partial charge in [0.2, 0.25) is 5.91 Å². The molecule has 1 amide bonds. The molecule has 0 heterocycles. The van der Waals surface area contributed by atoms with Crippen molar-refractivity contribution in [2.45, 2.75) is 13.0 Å². The second-order valence-electron chi connectivity index (χ2n) is 5.94. The number of hydrogen-bond acceptors (Lipinski definition) is 3. The van der Waals surface area contributed by atoms with Crippen LogP contribution in [0.25, 0.3) is 0 Å². The highest BCUT2D eigenvalue weighted by Crippen LogP contribution is 2.15. The summed E-state index contributed by atoms with van der Waals surface area (Å²) in [6, 6.07) is 24.6. The van der Waals surface area contributed by atoms with Crippen molar-refractivity contribution in [2.24, 2.45) is 5.10 Å². The van der Waals surface area contributed by atoms with Gasteiger partial charge in [-0.1, -0.05) is 66.2 Å². The average Bonchev–Trinajstić information content (AvgIpc) is 2.69. The number of carbonyl (C=O) groups is 1. The molecule has 3 rings (SSSR count). The maximum absolute atomic E-state index is 11.9. The first-order valence-electron chi connectivity index (χ1n) is 8.52. The minimum atomic E-state index is -0.160. The summed E-state index contributed by atoms with van der Waals surface area (Å²) in [6.45, 7) is 0.450. The van der Waals surface area contributed by atoms with E-state index in [4.69, 9.17) is 16.3 Å². The molecule has 0 bridgehead atoms. The van der Waals surface area contributed by atoms with Crippen LogP contribution < -0.4 is 10.2 Å². The van der Waals surface area contributed by atoms with Crippen LogP contribution in [0, 0.1) is 0 Å². The summed E-state index contributed by atoms with van der Waals surface area (Å²) in [5.41, 5.74) is 5.36. The Balaban J connectivity index is 1.51. The van der Waals surface area contributed by atoms with Crippen molar-refractivity contribution in [2.75, 3.05) is 0 Å². The molecule has 0 aliphatic carbocycles. The molecule has 0 aliphatic rings. The molecule has 3 aromatic carbocycles. The van der Waals surface area contributed by atoms with E-state index in [0.717, 1.165) is 22.4 Å². The summed E-state index contributed by atoms with van der Waals surface area (Å²) < 4.78 is 5.79. The maximum Gasteiger partial charge on any atom is 0.244 e. The van der Waals surface area contributed by atoms with Crippen LogP contribution in [0.15, 0.2) is 84.0 Å². The fourth-order valence-electron chi connectivity index (χ4n) is 2.43. The first-order valence-corrected chi connectivity index (χ1v) is 8.90. The molecule has 0 unspecified atom stereocenters. The quantitative estimate of drug-likeness (QED) is 0.482. The van der Waals surface area contributed by atoms with Crippen molar-refractivity contribution in [1.29, 1.82) is 0 Å². The average molecular weight is 379 g/mol. The van der Waals surface area contributed by atoms with Crippen molar-refractivity contribution < 1.29 is 9.53 Å². The molecule has 0 atom stereocenters. The summed E-state index contributed by atoms with van der Waals surface area (Å²) in [6.07, 6.45) is 1.89. The third-order valence-corrected chi connectivity index (χ3v) is 4.04. The minimum absolute atomic E-state index is 0.160. The Bertz CT molecular complexity index is 909. The highest BCUT2D eigenvalue weighted by Gasteiger charge is 2.01. The zero-order chi connectivity index (χ0) is 18.9. The van der Waals surface area contributed by atoms with Gasteiger partial charge in [-0.3, -0.25) is 4.79 Å². The molecule has 3 aromatic rings. The van der Waals surface area contributed by atoms with E-state index in [-0.39, 0.29) is 5.91 Å². The van der Waals surface area contributed by atoms with E-state index in [9.17, 15) is 4.79 Å². The highest BCUT2D eigenvalue weighted by molar-refractivity contribution is 6.30.